The van der Waals surface area contributed by atoms with Gasteiger partial charge >= 0.3 is 0 Å². The van der Waals surface area contributed by atoms with Crippen molar-refractivity contribution in [3.63, 3.8) is 0 Å². The van der Waals surface area contributed by atoms with E-state index in [9.17, 15) is 19.3 Å². The molecule has 2 aliphatic heterocycles. The van der Waals surface area contributed by atoms with Gasteiger partial charge in [0.25, 0.3) is 14.7 Å². The fourth-order valence-electron chi connectivity index (χ4n) is 6.67. The molecule has 0 aromatic heterocycles. The van der Waals surface area contributed by atoms with Crippen LogP contribution < -0.4 is 19.7 Å². The Morgan fingerprint density at radius 2 is 0.787 bits per heavy atom. The molecule has 0 saturated carbocycles. The van der Waals surface area contributed by atoms with Gasteiger partial charge in [0.1, 0.15) is 23.0 Å². The number of fused-ring (bicyclic) bond motifs is 6. The van der Waals surface area contributed by atoms with Gasteiger partial charge < -0.3 is 19.3 Å². The van der Waals surface area contributed by atoms with Gasteiger partial charge in [-0.1, -0.05) is 109 Å². The van der Waals surface area contributed by atoms with Gasteiger partial charge in [-0.2, -0.15) is 0 Å². The van der Waals surface area contributed by atoms with Gasteiger partial charge in [0.05, 0.1) is 22.9 Å². The predicted octanol–water partition coefficient (Wildman–Crippen LogP) is 9.01. The lowest BCUT2D eigenvalue weighted by molar-refractivity contribution is 0.453. The van der Waals surface area contributed by atoms with Gasteiger partial charge in [-0.25, -0.2) is 0 Å². The molecular weight excluding hydrogens is 626 g/mol. The zero-order valence-electron chi connectivity index (χ0n) is 25.2. The topological polar surface area (TPSA) is 93.1 Å². The highest BCUT2D eigenvalue weighted by molar-refractivity contribution is 7.67. The summed E-state index contributed by atoms with van der Waals surface area (Å²) in [6, 6.07) is 40.8. The molecule has 2 aliphatic rings. The summed E-state index contributed by atoms with van der Waals surface area (Å²) in [5, 5.41) is 24.2. The van der Waals surface area contributed by atoms with Crippen LogP contribution in [0.3, 0.4) is 0 Å². The Morgan fingerprint density at radius 3 is 1.23 bits per heavy atom. The molecule has 6 aromatic rings. The summed E-state index contributed by atoms with van der Waals surface area (Å²) in [6.45, 7) is 0. The first-order valence-electron chi connectivity index (χ1n) is 15.4. The number of phenolic OH excluding ortho intramolecular Hbond substituents is 2. The number of rotatable bonds is 6. The fraction of sp³-hybridized carbons (Fsp3) is 0.0769. The fourth-order valence-corrected chi connectivity index (χ4v) is 11.4. The molecule has 0 amide bonds. The Morgan fingerprint density at radius 1 is 0.426 bits per heavy atom. The molecule has 8 heteroatoms. The van der Waals surface area contributed by atoms with Crippen molar-refractivity contribution in [3.8, 4) is 45.3 Å². The van der Waals surface area contributed by atoms with Crippen molar-refractivity contribution < 1.29 is 28.4 Å². The van der Waals surface area contributed by atoms with E-state index in [1.165, 1.54) is 0 Å². The van der Waals surface area contributed by atoms with Crippen LogP contribution in [-0.2, 0) is 27.9 Å². The van der Waals surface area contributed by atoms with Crippen LogP contribution in [0.2, 0.25) is 0 Å². The molecule has 2 atom stereocenters. The van der Waals surface area contributed by atoms with E-state index in [0.29, 0.717) is 44.4 Å². The van der Waals surface area contributed by atoms with Gasteiger partial charge in [0.2, 0.25) is 0 Å². The molecule has 232 valence electrons. The predicted molar refractivity (Wildman–Crippen MR) is 186 cm³/mol. The van der Waals surface area contributed by atoms with Crippen molar-refractivity contribution in [2.75, 3.05) is 0 Å². The minimum Gasteiger partial charge on any atom is -0.507 e. The minimum absolute atomic E-state index is 0.00131. The van der Waals surface area contributed by atoms with Gasteiger partial charge in [-0.3, -0.25) is 9.13 Å². The second-order valence-electron chi connectivity index (χ2n) is 11.9. The molecule has 47 heavy (non-hydrogen) atoms. The summed E-state index contributed by atoms with van der Waals surface area (Å²) >= 11 is 0. The van der Waals surface area contributed by atoms with E-state index in [1.54, 1.807) is 24.3 Å². The van der Waals surface area contributed by atoms with Crippen LogP contribution in [-0.4, -0.2) is 10.2 Å². The summed E-state index contributed by atoms with van der Waals surface area (Å²) in [7, 11) is -6.87. The molecule has 2 N–H and O–H groups in total. The summed E-state index contributed by atoms with van der Waals surface area (Å²) in [6.07, 6.45) is 0.214. The van der Waals surface area contributed by atoms with E-state index in [-0.39, 0.29) is 30.2 Å². The number of phenols is 2. The highest BCUT2D eigenvalue weighted by atomic mass is 31.2. The van der Waals surface area contributed by atoms with E-state index in [1.807, 2.05) is 109 Å². The Labute approximate surface area is 272 Å². The first kappa shape index (κ1) is 29.4. The van der Waals surface area contributed by atoms with Crippen molar-refractivity contribution in [1.29, 1.82) is 0 Å². The van der Waals surface area contributed by atoms with E-state index < -0.39 is 14.7 Å². The lowest BCUT2D eigenvalue weighted by atomic mass is 9.99. The Bertz CT molecular complexity index is 2130. The Hall–Kier alpha value is -5.02. The van der Waals surface area contributed by atoms with E-state index in [2.05, 4.69) is 0 Å². The molecule has 2 unspecified atom stereocenters. The van der Waals surface area contributed by atoms with Crippen molar-refractivity contribution in [2.24, 2.45) is 0 Å². The summed E-state index contributed by atoms with van der Waals surface area (Å²) < 4.78 is 41.3. The summed E-state index contributed by atoms with van der Waals surface area (Å²) in [5.41, 5.74) is 5.60. The second-order valence-corrected chi connectivity index (χ2v) is 16.6. The zero-order valence-corrected chi connectivity index (χ0v) is 27.0. The van der Waals surface area contributed by atoms with E-state index in [0.717, 1.165) is 22.3 Å². The highest BCUT2D eigenvalue weighted by Gasteiger charge is 2.38. The van der Waals surface area contributed by atoms with Crippen molar-refractivity contribution in [3.05, 3.63) is 156 Å². The third-order valence-electron chi connectivity index (χ3n) is 8.93. The highest BCUT2D eigenvalue weighted by Crippen LogP contribution is 2.59. The molecule has 0 aliphatic carbocycles. The summed E-state index contributed by atoms with van der Waals surface area (Å²) in [5.74, 6) is 1.11. The number of benzene rings is 6. The van der Waals surface area contributed by atoms with Crippen LogP contribution in [0.4, 0.5) is 0 Å². The molecule has 6 nitrogen and oxygen atoms in total. The largest absolute Gasteiger partial charge is 0.507 e. The van der Waals surface area contributed by atoms with Crippen LogP contribution in [0.5, 0.6) is 23.0 Å². The molecule has 8 rings (SSSR count). The van der Waals surface area contributed by atoms with Crippen LogP contribution in [0.1, 0.15) is 22.3 Å². The number of para-hydroxylation sites is 4. The third kappa shape index (κ3) is 5.06. The lowest BCUT2D eigenvalue weighted by Crippen LogP contribution is -2.19. The monoisotopic (exact) mass is 656 g/mol. The Kier molecular flexibility index (Phi) is 7.09. The minimum atomic E-state index is -3.44. The molecule has 0 fully saturated rings. The normalized spacial score (nSPS) is 18.9. The van der Waals surface area contributed by atoms with Crippen LogP contribution in [0, 0.1) is 0 Å². The average Bonchev–Trinajstić information content (AvgIpc) is 3.08. The van der Waals surface area contributed by atoms with Gasteiger partial charge in [0, 0.05) is 28.7 Å². The molecule has 0 saturated heterocycles. The van der Waals surface area contributed by atoms with Gasteiger partial charge in [0.15, 0.2) is 0 Å². The second kappa shape index (κ2) is 11.3. The van der Waals surface area contributed by atoms with Crippen molar-refractivity contribution in [1.82, 2.24) is 0 Å². The first-order valence-corrected chi connectivity index (χ1v) is 19.0. The maximum absolute atomic E-state index is 14.5. The van der Waals surface area contributed by atoms with Gasteiger partial charge in [-0.15, -0.1) is 0 Å². The lowest BCUT2D eigenvalue weighted by Gasteiger charge is -2.29. The Balaban J connectivity index is 1.09. The van der Waals surface area contributed by atoms with Crippen LogP contribution in [0.25, 0.3) is 22.3 Å². The van der Waals surface area contributed by atoms with E-state index >= 15 is 0 Å². The number of hydrogen-bond acceptors (Lipinski definition) is 6. The zero-order chi connectivity index (χ0) is 32.2. The SMILES string of the molecule is O=P1(Cc2cccc(Cc3cccc(CP4(=O)Oc5ccccc5-c5ccccc54)c3O)c2O)Oc2ccccc2-c2ccccc21. The third-order valence-corrected chi connectivity index (χ3v) is 13.7. The van der Waals surface area contributed by atoms with Crippen LogP contribution >= 0.6 is 14.7 Å². The number of aromatic hydroxyl groups is 2. The molecule has 0 bridgehead atoms. The smallest absolute Gasteiger partial charge is 0.282 e. The standard InChI is InChI=1S/C39H30O6P2/c40-38-26(11-9-13-28(38)24-46(42)36-21-7-3-17-32(36)30-15-1-5-19-34(30)44-46)23-27-12-10-14-29(39(27)41)25-47(43)37-22-8-4-18-33(37)31-16-2-6-20-35(31)45-47/h1-22,40-41H,23-25H2. The average molecular weight is 657 g/mol. The van der Waals surface area contributed by atoms with Gasteiger partial charge in [-0.05, 0) is 46.5 Å². The number of hydrogen-bond donors (Lipinski definition) is 2. The van der Waals surface area contributed by atoms with Crippen molar-refractivity contribution in [2.45, 2.75) is 18.7 Å². The van der Waals surface area contributed by atoms with E-state index in [4.69, 9.17) is 9.05 Å². The molecule has 0 spiro atoms. The van der Waals surface area contributed by atoms with Crippen molar-refractivity contribution >= 4 is 25.3 Å². The molecule has 6 aromatic carbocycles. The maximum Gasteiger partial charge on any atom is 0.282 e. The summed E-state index contributed by atoms with van der Waals surface area (Å²) in [4.78, 5) is 0. The molecule has 2 heterocycles. The molecule has 0 radical (unpaired) electrons. The maximum atomic E-state index is 14.5. The van der Waals surface area contributed by atoms with Crippen LogP contribution in [0.15, 0.2) is 133 Å². The first-order chi connectivity index (χ1) is 22.8. The quantitative estimate of drug-likeness (QED) is 0.174. The molecular formula is C39H30O6P2.